The van der Waals surface area contributed by atoms with Gasteiger partial charge in [-0.3, -0.25) is 0 Å². The van der Waals surface area contributed by atoms with E-state index < -0.39 is 0 Å². The molecule has 0 aliphatic rings. The molecule has 3 nitrogen and oxygen atoms in total. The van der Waals surface area contributed by atoms with Crippen molar-refractivity contribution in [2.45, 2.75) is 0 Å². The van der Waals surface area contributed by atoms with Crippen LogP contribution in [0.3, 0.4) is 0 Å². The summed E-state index contributed by atoms with van der Waals surface area (Å²) in [5.74, 6) is 0.788. The highest BCUT2D eigenvalue weighted by Gasteiger charge is 2.07. The van der Waals surface area contributed by atoms with Crippen molar-refractivity contribution < 1.29 is 4.74 Å². The zero-order valence-corrected chi connectivity index (χ0v) is 10.1. The van der Waals surface area contributed by atoms with Gasteiger partial charge in [0.15, 0.2) is 10.9 Å². The smallest absolute Gasteiger partial charge is 0.183 e. The third-order valence-electron chi connectivity index (χ3n) is 1.75. The lowest BCUT2D eigenvalue weighted by atomic mass is 10.3. The number of benzene rings is 1. The van der Waals surface area contributed by atoms with E-state index >= 15 is 0 Å². The molecule has 6 heteroatoms. The Hall–Kier alpha value is -1.03. The number of ether oxygens (including phenoxy) is 1. The van der Waals surface area contributed by atoms with Crippen LogP contribution in [0.1, 0.15) is 0 Å². The second-order valence-corrected chi connectivity index (χ2v) is 4.06. The summed E-state index contributed by atoms with van der Waals surface area (Å²) in [6.07, 6.45) is 2.79. The molecule has 0 unspecified atom stereocenters. The minimum Gasteiger partial charge on any atom is -0.451 e. The Morgan fingerprint density at radius 2 is 1.88 bits per heavy atom. The minimum atomic E-state index is 0.223. The summed E-state index contributed by atoms with van der Waals surface area (Å²) >= 11 is 17.5. The lowest BCUT2D eigenvalue weighted by Gasteiger charge is -2.07. The zero-order chi connectivity index (χ0) is 11.5. The first-order valence-corrected chi connectivity index (χ1v) is 5.38. The molecule has 1 aromatic carbocycles. The number of nitrogens with zero attached hydrogens (tertiary/aromatic N) is 2. The van der Waals surface area contributed by atoms with Crippen LogP contribution in [-0.2, 0) is 0 Å². The molecule has 0 saturated carbocycles. The average molecular weight is 276 g/mol. The Kier molecular flexibility index (Phi) is 3.49. The summed E-state index contributed by atoms with van der Waals surface area (Å²) in [4.78, 5) is 7.58. The molecular weight excluding hydrogens is 270 g/mol. The van der Waals surface area contributed by atoms with E-state index in [0.717, 1.165) is 0 Å². The molecule has 2 aromatic rings. The SMILES string of the molecule is Clc1ccc(Oc2cncnc2Cl)c(Cl)c1. The second-order valence-electron chi connectivity index (χ2n) is 2.85. The Morgan fingerprint density at radius 3 is 2.56 bits per heavy atom. The van der Waals surface area contributed by atoms with E-state index in [1.807, 2.05) is 0 Å². The van der Waals surface area contributed by atoms with Crippen LogP contribution in [0.15, 0.2) is 30.7 Å². The van der Waals surface area contributed by atoms with E-state index in [1.54, 1.807) is 18.2 Å². The van der Waals surface area contributed by atoms with Crippen molar-refractivity contribution in [3.63, 3.8) is 0 Å². The standard InChI is InChI=1S/C10H5Cl3N2O/c11-6-1-2-8(7(12)3-6)16-9-4-14-5-15-10(9)13/h1-5H. The summed E-state index contributed by atoms with van der Waals surface area (Å²) in [5.41, 5.74) is 0. The number of hydrogen-bond acceptors (Lipinski definition) is 3. The highest BCUT2D eigenvalue weighted by molar-refractivity contribution is 6.35. The van der Waals surface area contributed by atoms with Crippen LogP contribution in [0.4, 0.5) is 0 Å². The van der Waals surface area contributed by atoms with Crippen LogP contribution < -0.4 is 4.74 Å². The molecule has 0 fully saturated rings. The van der Waals surface area contributed by atoms with Gasteiger partial charge in [-0.2, -0.15) is 0 Å². The first-order valence-electron chi connectivity index (χ1n) is 4.25. The van der Waals surface area contributed by atoms with Crippen LogP contribution in [0, 0.1) is 0 Å². The molecule has 1 aromatic heterocycles. The summed E-state index contributed by atoms with van der Waals surface area (Å²) in [5, 5.41) is 1.15. The van der Waals surface area contributed by atoms with Crippen molar-refractivity contribution >= 4 is 34.8 Å². The van der Waals surface area contributed by atoms with Gasteiger partial charge >= 0.3 is 0 Å². The Labute approximate surface area is 107 Å². The van der Waals surface area contributed by atoms with Gasteiger partial charge in [0.1, 0.15) is 12.1 Å². The maximum atomic E-state index is 5.94. The molecule has 0 aliphatic heterocycles. The first-order chi connectivity index (χ1) is 7.66. The molecule has 82 valence electrons. The van der Waals surface area contributed by atoms with Gasteiger partial charge in [0.25, 0.3) is 0 Å². The molecule has 0 N–H and O–H groups in total. The molecule has 0 amide bonds. The van der Waals surface area contributed by atoms with Gasteiger partial charge in [0.2, 0.25) is 0 Å². The normalized spacial score (nSPS) is 10.2. The van der Waals surface area contributed by atoms with Crippen molar-refractivity contribution in [3.05, 3.63) is 45.9 Å². The van der Waals surface area contributed by atoms with Crippen LogP contribution in [0.5, 0.6) is 11.5 Å². The van der Waals surface area contributed by atoms with E-state index in [0.29, 0.717) is 21.5 Å². The molecule has 0 spiro atoms. The summed E-state index contributed by atoms with van der Waals surface area (Å²) < 4.78 is 5.45. The van der Waals surface area contributed by atoms with Crippen molar-refractivity contribution in [2.24, 2.45) is 0 Å². The molecule has 0 atom stereocenters. The quantitative estimate of drug-likeness (QED) is 0.769. The molecule has 0 bridgehead atoms. The second kappa shape index (κ2) is 4.87. The molecular formula is C10H5Cl3N2O. The highest BCUT2D eigenvalue weighted by atomic mass is 35.5. The third-order valence-corrected chi connectivity index (χ3v) is 2.56. The molecule has 2 rings (SSSR count). The number of hydrogen-bond donors (Lipinski definition) is 0. The predicted molar refractivity (Wildman–Crippen MR) is 63.6 cm³/mol. The Bertz CT molecular complexity index is 519. The van der Waals surface area contributed by atoms with E-state index in [2.05, 4.69) is 9.97 Å². The van der Waals surface area contributed by atoms with Gasteiger partial charge in [-0.1, -0.05) is 34.8 Å². The predicted octanol–water partition coefficient (Wildman–Crippen LogP) is 4.23. The molecule has 0 aliphatic carbocycles. The first kappa shape index (κ1) is 11.5. The fraction of sp³-hybridized carbons (Fsp3) is 0. The van der Waals surface area contributed by atoms with Crippen LogP contribution in [0.25, 0.3) is 0 Å². The Morgan fingerprint density at radius 1 is 1.06 bits per heavy atom. The van der Waals surface area contributed by atoms with Crippen molar-refractivity contribution in [1.82, 2.24) is 9.97 Å². The topological polar surface area (TPSA) is 35.0 Å². The van der Waals surface area contributed by atoms with Gasteiger partial charge in [-0.25, -0.2) is 9.97 Å². The van der Waals surface area contributed by atoms with Gasteiger partial charge in [0, 0.05) is 5.02 Å². The number of rotatable bonds is 2. The molecule has 0 radical (unpaired) electrons. The summed E-state index contributed by atoms with van der Waals surface area (Å²) in [7, 11) is 0. The molecule has 0 saturated heterocycles. The lowest BCUT2D eigenvalue weighted by Crippen LogP contribution is -1.89. The third kappa shape index (κ3) is 2.55. The maximum absolute atomic E-state index is 5.94. The van der Waals surface area contributed by atoms with Gasteiger partial charge in [-0.05, 0) is 18.2 Å². The van der Waals surface area contributed by atoms with Crippen LogP contribution in [-0.4, -0.2) is 9.97 Å². The Balaban J connectivity index is 2.31. The van der Waals surface area contributed by atoms with Crippen LogP contribution in [0.2, 0.25) is 15.2 Å². The average Bonchev–Trinajstić information content (AvgIpc) is 2.25. The van der Waals surface area contributed by atoms with Gasteiger partial charge < -0.3 is 4.74 Å². The van der Waals surface area contributed by atoms with Crippen molar-refractivity contribution in [2.75, 3.05) is 0 Å². The van der Waals surface area contributed by atoms with E-state index in [4.69, 9.17) is 39.5 Å². The van der Waals surface area contributed by atoms with E-state index in [1.165, 1.54) is 12.5 Å². The minimum absolute atomic E-state index is 0.223. The fourth-order valence-corrected chi connectivity index (χ4v) is 1.62. The zero-order valence-electron chi connectivity index (χ0n) is 7.82. The maximum Gasteiger partial charge on any atom is 0.183 e. The lowest BCUT2D eigenvalue weighted by molar-refractivity contribution is 0.478. The number of halogens is 3. The summed E-state index contributed by atoms with van der Waals surface area (Å²) in [6.45, 7) is 0. The molecule has 1 heterocycles. The van der Waals surface area contributed by atoms with Crippen molar-refractivity contribution in [1.29, 1.82) is 0 Å². The van der Waals surface area contributed by atoms with Crippen LogP contribution >= 0.6 is 34.8 Å². The van der Waals surface area contributed by atoms with Gasteiger partial charge in [-0.15, -0.1) is 0 Å². The number of aromatic nitrogens is 2. The summed E-state index contributed by atoms with van der Waals surface area (Å²) in [6, 6.07) is 4.89. The highest BCUT2D eigenvalue weighted by Crippen LogP contribution is 2.33. The largest absolute Gasteiger partial charge is 0.451 e. The monoisotopic (exact) mass is 274 g/mol. The van der Waals surface area contributed by atoms with E-state index in [9.17, 15) is 0 Å². The van der Waals surface area contributed by atoms with E-state index in [-0.39, 0.29) is 5.15 Å². The molecule has 16 heavy (non-hydrogen) atoms. The van der Waals surface area contributed by atoms with Crippen molar-refractivity contribution in [3.8, 4) is 11.5 Å². The van der Waals surface area contributed by atoms with Gasteiger partial charge in [0.05, 0.1) is 11.2 Å². The fourth-order valence-electron chi connectivity index (χ4n) is 1.05.